The number of aryl methyl sites for hydroxylation is 1. The third-order valence-corrected chi connectivity index (χ3v) is 6.99. The van der Waals surface area contributed by atoms with E-state index in [0.717, 1.165) is 30.0 Å². The van der Waals surface area contributed by atoms with Crippen LogP contribution in [-0.2, 0) is 10.9 Å². The van der Waals surface area contributed by atoms with Crippen molar-refractivity contribution in [1.82, 2.24) is 19.4 Å². The number of aromatic nitrogens is 3. The molecule has 1 unspecified atom stereocenters. The molecule has 1 atom stereocenters. The van der Waals surface area contributed by atoms with Crippen molar-refractivity contribution in [3.05, 3.63) is 45.7 Å². The third-order valence-electron chi connectivity index (χ3n) is 6.22. The van der Waals surface area contributed by atoms with Gasteiger partial charge in [-0.15, -0.1) is 11.3 Å². The number of carbonyl (C=O) groups is 1. The van der Waals surface area contributed by atoms with Gasteiger partial charge in [0.05, 0.1) is 21.6 Å². The van der Waals surface area contributed by atoms with E-state index in [1.54, 1.807) is 10.3 Å². The van der Waals surface area contributed by atoms with E-state index in [0.29, 0.717) is 55.1 Å². The maximum absolute atomic E-state index is 13.2. The lowest BCUT2D eigenvalue weighted by Gasteiger charge is -2.33. The summed E-state index contributed by atoms with van der Waals surface area (Å²) >= 11 is 1.45. The summed E-state index contributed by atoms with van der Waals surface area (Å²) < 4.78 is 47.6. The molecule has 2 aliphatic rings. The fourth-order valence-electron chi connectivity index (χ4n) is 4.64. The van der Waals surface area contributed by atoms with E-state index in [9.17, 15) is 18.0 Å². The van der Waals surface area contributed by atoms with Crippen molar-refractivity contribution in [2.75, 3.05) is 19.7 Å². The van der Waals surface area contributed by atoms with Crippen LogP contribution >= 0.6 is 11.3 Å². The van der Waals surface area contributed by atoms with Crippen LogP contribution < -0.4 is 0 Å². The van der Waals surface area contributed by atoms with E-state index in [1.165, 1.54) is 17.4 Å². The van der Waals surface area contributed by atoms with Crippen LogP contribution in [0.15, 0.2) is 23.6 Å². The number of amides is 1. The van der Waals surface area contributed by atoms with Crippen LogP contribution in [0.4, 0.5) is 13.2 Å². The Bertz CT molecular complexity index is 1140. The quantitative estimate of drug-likeness (QED) is 0.538. The number of hydrogen-bond acceptors (Lipinski definition) is 5. The lowest BCUT2D eigenvalue weighted by atomic mass is 10.0. The number of benzene rings is 1. The Morgan fingerprint density at radius 3 is 2.59 bits per heavy atom. The fraction of sp³-hybridized carbons (Fsp3) is 0.500. The van der Waals surface area contributed by atoms with Crippen molar-refractivity contribution < 1.29 is 22.7 Å². The molecular weight excluding hydrogens is 441 g/mol. The molecule has 10 heteroatoms. The van der Waals surface area contributed by atoms with Gasteiger partial charge in [0.1, 0.15) is 17.6 Å². The second-order valence-corrected chi connectivity index (χ2v) is 9.38. The van der Waals surface area contributed by atoms with Gasteiger partial charge in [0, 0.05) is 31.1 Å². The average molecular weight is 465 g/mol. The lowest BCUT2D eigenvalue weighted by molar-refractivity contribution is -0.137. The molecule has 2 saturated heterocycles. The van der Waals surface area contributed by atoms with Crippen molar-refractivity contribution >= 4 is 28.3 Å². The van der Waals surface area contributed by atoms with Crippen molar-refractivity contribution in [2.45, 2.75) is 50.9 Å². The molecule has 170 valence electrons. The summed E-state index contributed by atoms with van der Waals surface area (Å²) in [4.78, 5) is 23.4. The zero-order valence-corrected chi connectivity index (χ0v) is 18.4. The van der Waals surface area contributed by atoms with Crippen molar-refractivity contribution in [2.24, 2.45) is 0 Å². The maximum Gasteiger partial charge on any atom is 0.416 e. The Hall–Kier alpha value is -2.46. The van der Waals surface area contributed by atoms with Crippen LogP contribution in [0.25, 0.3) is 11.0 Å². The number of rotatable bonds is 3. The molecule has 2 aromatic heterocycles. The smallest absolute Gasteiger partial charge is 0.370 e. The molecule has 0 spiro atoms. The largest absolute Gasteiger partial charge is 0.416 e. The molecule has 4 heterocycles. The molecule has 3 aromatic rings. The molecule has 0 saturated carbocycles. The van der Waals surface area contributed by atoms with Gasteiger partial charge < -0.3 is 14.2 Å². The molecule has 2 aliphatic heterocycles. The summed E-state index contributed by atoms with van der Waals surface area (Å²) in [6.07, 6.45) is -1.53. The van der Waals surface area contributed by atoms with Crippen LogP contribution in [0, 0.1) is 6.92 Å². The zero-order valence-electron chi connectivity index (χ0n) is 17.6. The van der Waals surface area contributed by atoms with E-state index < -0.39 is 11.7 Å². The highest BCUT2D eigenvalue weighted by atomic mass is 32.1. The minimum absolute atomic E-state index is 0.0390. The van der Waals surface area contributed by atoms with E-state index >= 15 is 0 Å². The normalized spacial score (nSPS) is 20.4. The summed E-state index contributed by atoms with van der Waals surface area (Å²) in [6.45, 7) is 3.62. The Kier molecular flexibility index (Phi) is 5.45. The number of halogens is 3. The van der Waals surface area contributed by atoms with Crippen molar-refractivity contribution in [1.29, 1.82) is 0 Å². The average Bonchev–Trinajstić information content (AvgIpc) is 3.51. The van der Waals surface area contributed by atoms with Gasteiger partial charge in [-0.3, -0.25) is 4.79 Å². The monoisotopic (exact) mass is 464 g/mol. The number of likely N-dealkylation sites (tertiary alicyclic amines) is 1. The first kappa shape index (κ1) is 21.4. The van der Waals surface area contributed by atoms with Crippen LogP contribution in [0.1, 0.15) is 64.7 Å². The van der Waals surface area contributed by atoms with Crippen LogP contribution in [0.3, 0.4) is 0 Å². The first-order valence-corrected chi connectivity index (χ1v) is 11.6. The van der Waals surface area contributed by atoms with E-state index in [2.05, 4.69) is 14.5 Å². The summed E-state index contributed by atoms with van der Waals surface area (Å²) in [6, 6.07) is 3.78. The fourth-order valence-corrected chi connectivity index (χ4v) is 5.22. The van der Waals surface area contributed by atoms with Gasteiger partial charge in [0.25, 0.3) is 5.91 Å². The topological polar surface area (TPSA) is 60.2 Å². The van der Waals surface area contributed by atoms with Crippen LogP contribution in [0.5, 0.6) is 0 Å². The van der Waals surface area contributed by atoms with Gasteiger partial charge >= 0.3 is 6.18 Å². The Labute approximate surface area is 187 Å². The highest BCUT2D eigenvalue weighted by Crippen LogP contribution is 2.38. The number of alkyl halides is 3. The number of fused-ring (bicyclic) bond motifs is 1. The molecule has 0 aliphatic carbocycles. The molecule has 6 nitrogen and oxygen atoms in total. The molecule has 0 bridgehead atoms. The van der Waals surface area contributed by atoms with Gasteiger partial charge in [-0.1, -0.05) is 0 Å². The molecular formula is C22H23F3N4O2S. The molecule has 1 amide bonds. The van der Waals surface area contributed by atoms with Crippen LogP contribution in [-0.4, -0.2) is 45.0 Å². The molecule has 0 radical (unpaired) electrons. The highest BCUT2D eigenvalue weighted by molar-refractivity contribution is 7.09. The standard InChI is InChI=1S/C22H23F3N4O2S/c1-13-26-17(12-32-13)21(30)28-8-6-15(7-9-28)29-18-5-4-14(22(23,24)25)11-16(18)27-20(29)19-3-2-10-31-19/h4-5,11-12,15,19H,2-3,6-10H2,1H3. The number of imidazole rings is 1. The minimum atomic E-state index is -4.41. The predicted octanol–water partition coefficient (Wildman–Crippen LogP) is 5.15. The number of hydrogen-bond donors (Lipinski definition) is 0. The maximum atomic E-state index is 13.2. The van der Waals surface area contributed by atoms with Crippen molar-refractivity contribution in [3.8, 4) is 0 Å². The lowest BCUT2D eigenvalue weighted by Crippen LogP contribution is -2.39. The van der Waals surface area contributed by atoms with Gasteiger partial charge in [-0.2, -0.15) is 13.2 Å². The molecule has 5 rings (SSSR count). The SMILES string of the molecule is Cc1nc(C(=O)N2CCC(n3c(C4CCCO4)nc4cc(C(F)(F)F)ccc43)CC2)cs1. The van der Waals surface area contributed by atoms with E-state index in [4.69, 9.17) is 4.74 Å². The van der Waals surface area contributed by atoms with Gasteiger partial charge in [-0.25, -0.2) is 9.97 Å². The summed E-state index contributed by atoms with van der Waals surface area (Å²) in [7, 11) is 0. The molecule has 0 N–H and O–H groups in total. The second kappa shape index (κ2) is 8.15. The van der Waals surface area contributed by atoms with E-state index in [-0.39, 0.29) is 18.1 Å². The minimum Gasteiger partial charge on any atom is -0.370 e. The van der Waals surface area contributed by atoms with Gasteiger partial charge in [-0.05, 0) is 50.8 Å². The molecule has 1 aromatic carbocycles. The first-order valence-electron chi connectivity index (χ1n) is 10.7. The number of carbonyl (C=O) groups excluding carboxylic acids is 1. The molecule has 2 fully saturated rings. The van der Waals surface area contributed by atoms with E-state index in [1.807, 2.05) is 6.92 Å². The Balaban J connectivity index is 1.44. The number of thiazole rings is 1. The first-order chi connectivity index (χ1) is 15.3. The predicted molar refractivity (Wildman–Crippen MR) is 114 cm³/mol. The Morgan fingerprint density at radius 1 is 1.19 bits per heavy atom. The second-order valence-electron chi connectivity index (χ2n) is 8.32. The summed E-state index contributed by atoms with van der Waals surface area (Å²) in [5, 5.41) is 2.63. The summed E-state index contributed by atoms with van der Waals surface area (Å²) in [5.41, 5.74) is 0.788. The number of piperidine rings is 1. The number of ether oxygens (including phenoxy) is 1. The number of nitrogens with zero attached hydrogens (tertiary/aromatic N) is 4. The van der Waals surface area contributed by atoms with Gasteiger partial charge in [0.15, 0.2) is 0 Å². The zero-order chi connectivity index (χ0) is 22.5. The summed E-state index contributed by atoms with van der Waals surface area (Å²) in [5.74, 6) is 0.620. The van der Waals surface area contributed by atoms with Crippen molar-refractivity contribution in [3.63, 3.8) is 0 Å². The Morgan fingerprint density at radius 2 is 1.97 bits per heavy atom. The third kappa shape index (κ3) is 3.90. The molecule has 32 heavy (non-hydrogen) atoms. The highest BCUT2D eigenvalue weighted by Gasteiger charge is 2.34. The van der Waals surface area contributed by atoms with Crippen LogP contribution in [0.2, 0.25) is 0 Å². The van der Waals surface area contributed by atoms with Gasteiger partial charge in [0.2, 0.25) is 0 Å².